The van der Waals surface area contributed by atoms with E-state index in [1.807, 2.05) is 36.5 Å². The lowest BCUT2D eigenvalue weighted by Gasteiger charge is -2.24. The van der Waals surface area contributed by atoms with E-state index in [0.29, 0.717) is 19.1 Å². The summed E-state index contributed by atoms with van der Waals surface area (Å²) >= 11 is 0. The van der Waals surface area contributed by atoms with Gasteiger partial charge in [0.2, 0.25) is 0 Å². The molecule has 0 unspecified atom stereocenters. The highest BCUT2D eigenvalue weighted by molar-refractivity contribution is 5.16. The number of benzene rings is 1. The molecular weight excluding hydrogens is 343 g/mol. The molecule has 140 valence electrons. The Hall–Kier alpha value is -2.57. The molecule has 1 atom stereocenters. The minimum absolute atomic E-state index is 0.200. The van der Waals surface area contributed by atoms with E-state index in [0.717, 1.165) is 37.4 Å². The summed E-state index contributed by atoms with van der Waals surface area (Å²) in [7, 11) is 0. The highest BCUT2D eigenvalue weighted by Crippen LogP contribution is 2.19. The van der Waals surface area contributed by atoms with Gasteiger partial charge in [-0.15, -0.1) is 0 Å². The van der Waals surface area contributed by atoms with Crippen LogP contribution in [-0.4, -0.2) is 32.8 Å². The molecule has 0 saturated carbocycles. The van der Waals surface area contributed by atoms with E-state index in [2.05, 4.69) is 25.7 Å². The molecule has 4 rings (SSSR count). The van der Waals surface area contributed by atoms with Crippen LogP contribution < -0.4 is 0 Å². The molecule has 1 aliphatic rings. The van der Waals surface area contributed by atoms with E-state index in [4.69, 9.17) is 4.74 Å². The normalized spacial score (nSPS) is 17.4. The monoisotopic (exact) mass is 366 g/mol. The molecule has 0 amide bonds. The van der Waals surface area contributed by atoms with Crippen LogP contribution in [0.15, 0.2) is 60.9 Å². The third-order valence-electron chi connectivity index (χ3n) is 4.79. The quantitative estimate of drug-likeness (QED) is 0.672. The number of nitrogens with zero attached hydrogens (tertiary/aromatic N) is 4. The number of fused-ring (bicyclic) bond motifs is 1. The molecule has 27 heavy (non-hydrogen) atoms. The number of aromatic nitrogens is 3. The highest BCUT2D eigenvalue weighted by atomic mass is 19.1. The molecule has 0 saturated heterocycles. The van der Waals surface area contributed by atoms with Gasteiger partial charge in [0.15, 0.2) is 0 Å². The van der Waals surface area contributed by atoms with Gasteiger partial charge in [-0.1, -0.05) is 18.2 Å². The Morgan fingerprint density at radius 3 is 2.74 bits per heavy atom. The zero-order chi connectivity index (χ0) is 18.5. The lowest BCUT2D eigenvalue weighted by molar-refractivity contribution is 0.0640. The molecule has 0 bridgehead atoms. The highest BCUT2D eigenvalue weighted by Gasteiger charge is 2.22. The van der Waals surface area contributed by atoms with Crippen LogP contribution in [0.2, 0.25) is 0 Å². The number of hydrogen-bond donors (Lipinski definition) is 0. The van der Waals surface area contributed by atoms with Gasteiger partial charge in [-0.3, -0.25) is 14.6 Å². The fourth-order valence-corrected chi connectivity index (χ4v) is 3.51. The van der Waals surface area contributed by atoms with Crippen LogP contribution >= 0.6 is 0 Å². The second-order valence-corrected chi connectivity index (χ2v) is 7.00. The van der Waals surface area contributed by atoms with Crippen LogP contribution in [0, 0.1) is 11.7 Å². The van der Waals surface area contributed by atoms with E-state index < -0.39 is 0 Å². The summed E-state index contributed by atoms with van der Waals surface area (Å²) in [4.78, 5) is 6.68. The second-order valence-electron chi connectivity index (χ2n) is 7.00. The first-order chi connectivity index (χ1) is 13.3. The zero-order valence-corrected chi connectivity index (χ0v) is 15.2. The zero-order valence-electron chi connectivity index (χ0n) is 15.2. The van der Waals surface area contributed by atoms with Crippen molar-refractivity contribution in [1.29, 1.82) is 0 Å². The van der Waals surface area contributed by atoms with Crippen molar-refractivity contribution in [3.8, 4) is 0 Å². The van der Waals surface area contributed by atoms with Gasteiger partial charge in [-0.05, 0) is 35.9 Å². The summed E-state index contributed by atoms with van der Waals surface area (Å²) in [6.07, 6.45) is 3.63. The number of hydrogen-bond acceptors (Lipinski definition) is 4. The van der Waals surface area contributed by atoms with E-state index in [1.54, 1.807) is 6.20 Å². The average molecular weight is 366 g/mol. The molecule has 2 aromatic heterocycles. The van der Waals surface area contributed by atoms with Gasteiger partial charge >= 0.3 is 0 Å². The SMILES string of the molecule is Fc1ccc(CN2Cc3ccnn3C[C@@H](COCc3ccccn3)C2)cc1. The van der Waals surface area contributed by atoms with Crippen LogP contribution in [0.1, 0.15) is 17.0 Å². The Labute approximate surface area is 158 Å². The molecule has 0 spiro atoms. The maximum Gasteiger partial charge on any atom is 0.123 e. The largest absolute Gasteiger partial charge is 0.375 e. The summed E-state index contributed by atoms with van der Waals surface area (Å²) in [5.41, 5.74) is 3.25. The van der Waals surface area contributed by atoms with Crippen molar-refractivity contribution >= 4 is 0 Å². The number of pyridine rings is 1. The summed E-state index contributed by atoms with van der Waals surface area (Å²) in [6, 6.07) is 14.7. The van der Waals surface area contributed by atoms with Crippen molar-refractivity contribution in [2.75, 3.05) is 13.2 Å². The van der Waals surface area contributed by atoms with Crippen molar-refractivity contribution < 1.29 is 9.13 Å². The van der Waals surface area contributed by atoms with Crippen molar-refractivity contribution in [2.45, 2.75) is 26.2 Å². The molecule has 5 nitrogen and oxygen atoms in total. The molecule has 3 aromatic rings. The van der Waals surface area contributed by atoms with Gasteiger partial charge in [0, 0.05) is 44.5 Å². The van der Waals surface area contributed by atoms with Gasteiger partial charge in [-0.25, -0.2) is 4.39 Å². The third kappa shape index (κ3) is 4.78. The molecule has 0 aliphatic carbocycles. The molecule has 0 radical (unpaired) electrons. The number of halogens is 1. The maximum atomic E-state index is 13.2. The minimum atomic E-state index is -0.200. The van der Waals surface area contributed by atoms with Gasteiger partial charge < -0.3 is 4.74 Å². The van der Waals surface area contributed by atoms with Crippen molar-refractivity contribution in [1.82, 2.24) is 19.7 Å². The Kier molecular flexibility index (Phi) is 5.55. The molecule has 1 aliphatic heterocycles. The van der Waals surface area contributed by atoms with E-state index >= 15 is 0 Å². The number of ether oxygens (including phenoxy) is 1. The fraction of sp³-hybridized carbons (Fsp3) is 0.333. The van der Waals surface area contributed by atoms with Gasteiger partial charge in [-0.2, -0.15) is 5.10 Å². The van der Waals surface area contributed by atoms with Crippen molar-refractivity contribution in [2.24, 2.45) is 5.92 Å². The van der Waals surface area contributed by atoms with Gasteiger partial charge in [0.05, 0.1) is 24.6 Å². The van der Waals surface area contributed by atoms with E-state index in [9.17, 15) is 4.39 Å². The molecule has 0 fully saturated rings. The summed E-state index contributed by atoms with van der Waals surface area (Å²) in [6.45, 7) is 4.51. The molecule has 6 heteroatoms. The maximum absolute atomic E-state index is 13.2. The predicted molar refractivity (Wildman–Crippen MR) is 100 cm³/mol. The lowest BCUT2D eigenvalue weighted by atomic mass is 10.1. The first-order valence-electron chi connectivity index (χ1n) is 9.21. The Morgan fingerprint density at radius 1 is 1.04 bits per heavy atom. The molecular formula is C21H23FN4O. The van der Waals surface area contributed by atoms with Crippen LogP contribution in [0.5, 0.6) is 0 Å². The fourth-order valence-electron chi connectivity index (χ4n) is 3.51. The Bertz CT molecular complexity index is 850. The minimum Gasteiger partial charge on any atom is -0.375 e. The standard InChI is InChI=1S/C21H23FN4O/c22-19-6-4-17(5-7-19)11-25-12-18(13-26-21(14-25)8-10-24-26)15-27-16-20-3-1-2-9-23-20/h1-10,18H,11-16H2/t18-/m0/s1. The Morgan fingerprint density at radius 2 is 1.93 bits per heavy atom. The van der Waals surface area contributed by atoms with Gasteiger partial charge in [0.1, 0.15) is 5.82 Å². The van der Waals surface area contributed by atoms with Crippen LogP contribution in [0.25, 0.3) is 0 Å². The van der Waals surface area contributed by atoms with E-state index in [1.165, 1.54) is 17.8 Å². The summed E-state index contributed by atoms with van der Waals surface area (Å²) < 4.78 is 21.2. The predicted octanol–water partition coefficient (Wildman–Crippen LogP) is 3.27. The van der Waals surface area contributed by atoms with Crippen molar-refractivity contribution in [3.05, 3.63) is 83.7 Å². The molecule has 3 heterocycles. The smallest absolute Gasteiger partial charge is 0.123 e. The third-order valence-corrected chi connectivity index (χ3v) is 4.79. The summed E-state index contributed by atoms with van der Waals surface area (Å²) in [5.74, 6) is 0.129. The van der Waals surface area contributed by atoms with E-state index in [-0.39, 0.29) is 5.82 Å². The summed E-state index contributed by atoms with van der Waals surface area (Å²) in [5, 5.41) is 4.46. The van der Waals surface area contributed by atoms with Crippen LogP contribution in [0.3, 0.4) is 0 Å². The molecule has 1 aromatic carbocycles. The molecule has 0 N–H and O–H groups in total. The second kappa shape index (κ2) is 8.41. The lowest BCUT2D eigenvalue weighted by Crippen LogP contribution is -2.30. The first-order valence-corrected chi connectivity index (χ1v) is 9.21. The van der Waals surface area contributed by atoms with Crippen LogP contribution in [0.4, 0.5) is 4.39 Å². The average Bonchev–Trinajstić information content (AvgIpc) is 3.04. The van der Waals surface area contributed by atoms with Gasteiger partial charge in [0.25, 0.3) is 0 Å². The topological polar surface area (TPSA) is 43.2 Å². The Balaban J connectivity index is 1.41. The van der Waals surface area contributed by atoms with Crippen molar-refractivity contribution in [3.63, 3.8) is 0 Å². The number of rotatable bonds is 6. The first kappa shape index (κ1) is 17.8. The van der Waals surface area contributed by atoms with Crippen LogP contribution in [-0.2, 0) is 31.0 Å².